The third-order valence-electron chi connectivity index (χ3n) is 6.06. The van der Waals surface area contributed by atoms with E-state index in [9.17, 15) is 19.8 Å². The number of aliphatic hydroxyl groups excluding tert-OH is 1. The second-order valence-corrected chi connectivity index (χ2v) is 7.95. The summed E-state index contributed by atoms with van der Waals surface area (Å²) in [6.07, 6.45) is 7.23. The number of allylic oxidation sites excluding steroid dienone is 1. The number of ketones is 1. The summed E-state index contributed by atoms with van der Waals surface area (Å²) in [5, 5.41) is 24.2. The number of methoxy groups -OCH3 is 1. The van der Waals surface area contributed by atoms with Gasteiger partial charge in [-0.15, -0.1) is 0 Å². The van der Waals surface area contributed by atoms with Crippen LogP contribution in [0.2, 0.25) is 0 Å². The van der Waals surface area contributed by atoms with Gasteiger partial charge in [0.05, 0.1) is 24.2 Å². The van der Waals surface area contributed by atoms with Crippen LogP contribution in [0.4, 0.5) is 0 Å². The summed E-state index contributed by atoms with van der Waals surface area (Å²) >= 11 is 0. The van der Waals surface area contributed by atoms with Crippen LogP contribution in [0.25, 0.3) is 0 Å². The van der Waals surface area contributed by atoms with Gasteiger partial charge in [0, 0.05) is 13.5 Å². The molecule has 1 amide bonds. The zero-order valence-corrected chi connectivity index (χ0v) is 16.1. The first-order chi connectivity index (χ1) is 12.9. The van der Waals surface area contributed by atoms with E-state index in [1.807, 2.05) is 6.08 Å². The normalized spacial score (nSPS) is 40.1. The van der Waals surface area contributed by atoms with Crippen LogP contribution in [0.3, 0.4) is 0 Å². The van der Waals surface area contributed by atoms with Crippen molar-refractivity contribution in [2.75, 3.05) is 7.11 Å². The van der Waals surface area contributed by atoms with Gasteiger partial charge in [-0.1, -0.05) is 38.7 Å². The van der Waals surface area contributed by atoms with Crippen LogP contribution < -0.4 is 5.32 Å². The minimum atomic E-state index is -1.66. The van der Waals surface area contributed by atoms with Gasteiger partial charge >= 0.3 is 0 Å². The Morgan fingerprint density at radius 1 is 1.37 bits per heavy atom. The molecule has 2 aliphatic carbocycles. The molecular formula is C20H31NO6. The van der Waals surface area contributed by atoms with Gasteiger partial charge in [-0.25, -0.2) is 0 Å². The highest BCUT2D eigenvalue weighted by atomic mass is 16.6. The number of aliphatic hydroxyl groups is 2. The molecule has 3 N–H and O–H groups in total. The summed E-state index contributed by atoms with van der Waals surface area (Å²) in [7, 11) is 1.46. The number of carbonyl (C=O) groups excluding carboxylic acids is 2. The Hall–Kier alpha value is -1.28. The van der Waals surface area contributed by atoms with Crippen molar-refractivity contribution in [3.8, 4) is 0 Å². The van der Waals surface area contributed by atoms with Crippen LogP contribution in [0, 0.1) is 5.92 Å². The first-order valence-corrected chi connectivity index (χ1v) is 10.0. The van der Waals surface area contributed by atoms with Gasteiger partial charge in [-0.05, 0) is 18.9 Å². The second-order valence-electron chi connectivity index (χ2n) is 7.95. The molecule has 3 rings (SSSR count). The van der Waals surface area contributed by atoms with Crippen molar-refractivity contribution < 1.29 is 29.3 Å². The maximum absolute atomic E-state index is 12.6. The molecule has 0 aromatic carbocycles. The van der Waals surface area contributed by atoms with Crippen LogP contribution >= 0.6 is 0 Å². The predicted molar refractivity (Wildman–Crippen MR) is 98.0 cm³/mol. The van der Waals surface area contributed by atoms with E-state index >= 15 is 0 Å². The van der Waals surface area contributed by atoms with E-state index in [0.29, 0.717) is 0 Å². The number of hydrogen-bond acceptors (Lipinski definition) is 6. The van der Waals surface area contributed by atoms with Crippen molar-refractivity contribution in [1.82, 2.24) is 5.32 Å². The Bertz CT molecular complexity index is 593. The molecule has 3 aliphatic rings. The lowest BCUT2D eigenvalue weighted by atomic mass is 9.63. The highest BCUT2D eigenvalue weighted by molar-refractivity contribution is 5.95. The first-order valence-electron chi connectivity index (χ1n) is 10.0. The van der Waals surface area contributed by atoms with Crippen LogP contribution in [-0.2, 0) is 19.1 Å². The number of fused-ring (bicyclic) bond motifs is 4. The number of Topliss-reactive ketones (excluding diaryl/α,β-unsaturated/α-hetero) is 1. The fourth-order valence-electron chi connectivity index (χ4n) is 4.52. The summed E-state index contributed by atoms with van der Waals surface area (Å²) in [5.74, 6) is -1.68. The quantitative estimate of drug-likeness (QED) is 0.311. The molecule has 0 spiro atoms. The van der Waals surface area contributed by atoms with E-state index in [1.54, 1.807) is 0 Å². The van der Waals surface area contributed by atoms with Crippen molar-refractivity contribution in [1.29, 1.82) is 0 Å². The highest BCUT2D eigenvalue weighted by Gasteiger charge is 2.72. The number of amides is 1. The molecule has 0 aromatic rings. The topological polar surface area (TPSA) is 108 Å². The maximum atomic E-state index is 12.6. The van der Waals surface area contributed by atoms with E-state index < -0.39 is 41.7 Å². The lowest BCUT2D eigenvalue weighted by Gasteiger charge is -2.46. The molecular weight excluding hydrogens is 350 g/mol. The molecule has 1 heterocycles. The van der Waals surface area contributed by atoms with Gasteiger partial charge in [-0.2, -0.15) is 0 Å². The second kappa shape index (κ2) is 8.39. The molecule has 2 saturated carbocycles. The summed E-state index contributed by atoms with van der Waals surface area (Å²) in [6, 6.07) is -0.720. The number of hydrogen-bond donors (Lipinski definition) is 3. The van der Waals surface area contributed by atoms with Crippen molar-refractivity contribution >= 4 is 11.7 Å². The van der Waals surface area contributed by atoms with Gasteiger partial charge in [0.15, 0.2) is 11.4 Å². The Balaban J connectivity index is 1.55. The average molecular weight is 381 g/mol. The largest absolute Gasteiger partial charge is 0.390 e. The molecule has 7 nitrogen and oxygen atoms in total. The molecule has 2 bridgehead atoms. The van der Waals surface area contributed by atoms with E-state index in [2.05, 4.69) is 12.2 Å². The monoisotopic (exact) mass is 381 g/mol. The van der Waals surface area contributed by atoms with E-state index in [-0.39, 0.29) is 18.4 Å². The SMILES string of the molecule is CCCCCCC/C=C/C(=O)NC1CC2(O)C(=O)C(C1O)C(OC)C1OC12. The number of epoxide rings is 1. The lowest BCUT2D eigenvalue weighted by molar-refractivity contribution is -0.173. The van der Waals surface area contributed by atoms with Gasteiger partial charge in [0.1, 0.15) is 12.2 Å². The van der Waals surface area contributed by atoms with Gasteiger partial charge < -0.3 is 25.0 Å². The summed E-state index contributed by atoms with van der Waals surface area (Å²) in [5.41, 5.74) is -1.66. The maximum Gasteiger partial charge on any atom is 0.243 e. The highest BCUT2D eigenvalue weighted by Crippen LogP contribution is 2.51. The van der Waals surface area contributed by atoms with Gasteiger partial charge in [0.25, 0.3) is 0 Å². The lowest BCUT2D eigenvalue weighted by Crippen LogP contribution is -2.69. The van der Waals surface area contributed by atoms with E-state index in [4.69, 9.17) is 9.47 Å². The number of rotatable bonds is 9. The van der Waals surface area contributed by atoms with Crippen molar-refractivity contribution in [2.24, 2.45) is 5.92 Å². The summed E-state index contributed by atoms with van der Waals surface area (Å²) in [6.45, 7) is 2.17. The molecule has 1 saturated heterocycles. The van der Waals surface area contributed by atoms with Crippen LogP contribution in [0.5, 0.6) is 0 Å². The third kappa shape index (κ3) is 3.97. The van der Waals surface area contributed by atoms with Crippen LogP contribution in [0.15, 0.2) is 12.2 Å². The Morgan fingerprint density at radius 3 is 2.81 bits per heavy atom. The zero-order chi connectivity index (χ0) is 19.6. The summed E-state index contributed by atoms with van der Waals surface area (Å²) in [4.78, 5) is 24.8. The number of ether oxygens (including phenoxy) is 2. The number of carbonyl (C=O) groups is 2. The average Bonchev–Trinajstić information content (AvgIpc) is 3.43. The molecule has 7 unspecified atom stereocenters. The van der Waals surface area contributed by atoms with E-state index in [1.165, 1.54) is 32.4 Å². The molecule has 152 valence electrons. The fourth-order valence-corrected chi connectivity index (χ4v) is 4.52. The first kappa shape index (κ1) is 20.5. The standard InChI is InChI=1S/C20H31NO6/c1-3-4-5-6-7-8-9-10-13(22)21-12-11-20(25)18(24)14(15(12)23)16(26-2)17-19(20)27-17/h9-10,12,14-17,19,23,25H,3-8,11H2,1-2H3,(H,21,22)/b10-9+. The molecule has 3 fully saturated rings. The van der Waals surface area contributed by atoms with Crippen molar-refractivity contribution in [2.45, 2.75) is 87.9 Å². The number of nitrogens with one attached hydrogen (secondary N) is 1. The molecule has 27 heavy (non-hydrogen) atoms. The van der Waals surface area contributed by atoms with Gasteiger partial charge in [0.2, 0.25) is 5.91 Å². The van der Waals surface area contributed by atoms with E-state index in [0.717, 1.165) is 19.3 Å². The smallest absolute Gasteiger partial charge is 0.243 e. The van der Waals surface area contributed by atoms with Crippen molar-refractivity contribution in [3.63, 3.8) is 0 Å². The molecule has 7 atom stereocenters. The van der Waals surface area contributed by atoms with Crippen LogP contribution in [-0.4, -0.2) is 65.1 Å². The molecule has 1 aliphatic heterocycles. The Kier molecular flexibility index (Phi) is 6.35. The third-order valence-corrected chi connectivity index (χ3v) is 6.06. The zero-order valence-electron chi connectivity index (χ0n) is 16.1. The Labute approximate surface area is 160 Å². The van der Waals surface area contributed by atoms with Crippen LogP contribution in [0.1, 0.15) is 51.9 Å². The minimum Gasteiger partial charge on any atom is -0.390 e. The fraction of sp³-hybridized carbons (Fsp3) is 0.800. The Morgan fingerprint density at radius 2 is 2.11 bits per heavy atom. The van der Waals surface area contributed by atoms with Crippen molar-refractivity contribution in [3.05, 3.63) is 12.2 Å². The molecule has 0 radical (unpaired) electrons. The number of unbranched alkanes of at least 4 members (excludes halogenated alkanes) is 5. The molecule has 7 heteroatoms. The van der Waals surface area contributed by atoms with Gasteiger partial charge in [-0.3, -0.25) is 9.59 Å². The predicted octanol–water partition coefficient (Wildman–Crippen LogP) is 0.865. The summed E-state index contributed by atoms with van der Waals surface area (Å²) < 4.78 is 10.8. The molecule has 0 aromatic heterocycles. The minimum absolute atomic E-state index is 0.0439.